The molecular weight excluding hydrogens is 227 g/mol. The second-order valence-corrected chi connectivity index (χ2v) is 3.31. The Hall–Kier alpha value is -0.0300. The second kappa shape index (κ2) is 7.29. The van der Waals surface area contributed by atoms with Gasteiger partial charge in [0.2, 0.25) is 0 Å². The molecule has 0 aliphatic carbocycles. The zero-order valence-electron chi connectivity index (χ0n) is 8.73. The van der Waals surface area contributed by atoms with Crippen LogP contribution in [0.4, 0.5) is 0 Å². The first-order valence-corrected chi connectivity index (χ1v) is 4.15. The number of piperazine rings is 1. The molecule has 0 radical (unpaired) electrons. The lowest BCUT2D eigenvalue weighted by atomic mass is 10.3. The molecule has 0 aromatic rings. The lowest BCUT2D eigenvalue weighted by Gasteiger charge is -2.36. The van der Waals surface area contributed by atoms with E-state index < -0.39 is 0 Å². The molecular formula is C8H18Cl2N2O2. The number of ether oxygens (including phenoxy) is 1. The number of hydrogen-bond acceptors (Lipinski definition) is 4. The predicted octanol–water partition coefficient (Wildman–Crippen LogP) is 0.596. The van der Waals surface area contributed by atoms with Crippen LogP contribution in [0, 0.1) is 0 Å². The Bertz CT molecular complexity index is 181. The van der Waals surface area contributed by atoms with Gasteiger partial charge in [0.15, 0.2) is 6.23 Å². The fourth-order valence-corrected chi connectivity index (χ4v) is 1.29. The summed E-state index contributed by atoms with van der Waals surface area (Å²) in [6.45, 7) is 4.24. The SMILES string of the molecule is CC(=O)OC1CN(C)CCN1C.Cl.Cl. The van der Waals surface area contributed by atoms with E-state index in [1.165, 1.54) is 6.92 Å². The van der Waals surface area contributed by atoms with Crippen molar-refractivity contribution < 1.29 is 9.53 Å². The maximum Gasteiger partial charge on any atom is 0.304 e. The molecule has 1 atom stereocenters. The fraction of sp³-hybridized carbons (Fsp3) is 0.875. The number of halogens is 2. The smallest absolute Gasteiger partial charge is 0.304 e. The molecule has 6 heteroatoms. The number of carbonyl (C=O) groups is 1. The van der Waals surface area contributed by atoms with E-state index in [1.54, 1.807) is 0 Å². The molecule has 1 rings (SSSR count). The molecule has 0 aromatic heterocycles. The van der Waals surface area contributed by atoms with Crippen LogP contribution in [0.3, 0.4) is 0 Å². The summed E-state index contributed by atoms with van der Waals surface area (Å²) < 4.78 is 5.12. The highest BCUT2D eigenvalue weighted by atomic mass is 35.5. The van der Waals surface area contributed by atoms with Gasteiger partial charge in [-0.2, -0.15) is 0 Å². The molecule has 0 bridgehead atoms. The number of esters is 1. The third-order valence-corrected chi connectivity index (χ3v) is 2.10. The Kier molecular flexibility index (Phi) is 8.54. The minimum Gasteiger partial charge on any atom is -0.445 e. The zero-order chi connectivity index (χ0) is 9.14. The molecule has 0 spiro atoms. The molecule has 1 saturated heterocycles. The highest BCUT2D eigenvalue weighted by Gasteiger charge is 2.23. The van der Waals surface area contributed by atoms with Crippen LogP contribution in [-0.4, -0.2) is 55.7 Å². The van der Waals surface area contributed by atoms with Crippen molar-refractivity contribution in [3.05, 3.63) is 0 Å². The number of rotatable bonds is 1. The minimum atomic E-state index is -0.206. The third kappa shape index (κ3) is 5.00. The van der Waals surface area contributed by atoms with E-state index in [-0.39, 0.29) is 37.0 Å². The number of likely N-dealkylation sites (N-methyl/N-ethyl adjacent to an activating group) is 2. The lowest BCUT2D eigenvalue weighted by molar-refractivity contribution is -0.160. The van der Waals surface area contributed by atoms with Crippen molar-refractivity contribution in [2.45, 2.75) is 13.2 Å². The minimum absolute atomic E-state index is 0. The quantitative estimate of drug-likeness (QED) is 0.633. The molecule has 86 valence electrons. The molecule has 0 saturated carbocycles. The molecule has 1 fully saturated rings. The Morgan fingerprint density at radius 1 is 1.29 bits per heavy atom. The summed E-state index contributed by atoms with van der Waals surface area (Å²) in [6, 6.07) is 0. The summed E-state index contributed by atoms with van der Waals surface area (Å²) >= 11 is 0. The van der Waals surface area contributed by atoms with Gasteiger partial charge in [0.25, 0.3) is 0 Å². The summed E-state index contributed by atoms with van der Waals surface area (Å²) in [5.41, 5.74) is 0. The summed E-state index contributed by atoms with van der Waals surface area (Å²) in [5, 5.41) is 0. The Morgan fingerprint density at radius 3 is 2.36 bits per heavy atom. The first-order valence-electron chi connectivity index (χ1n) is 4.15. The van der Waals surface area contributed by atoms with Gasteiger partial charge in [-0.1, -0.05) is 0 Å². The highest BCUT2D eigenvalue weighted by molar-refractivity contribution is 5.85. The number of carbonyl (C=O) groups excluding carboxylic acids is 1. The normalized spacial score (nSPS) is 23.2. The molecule has 0 aromatic carbocycles. The van der Waals surface area contributed by atoms with Gasteiger partial charge in [-0.25, -0.2) is 0 Å². The van der Waals surface area contributed by atoms with E-state index in [2.05, 4.69) is 9.80 Å². The lowest BCUT2D eigenvalue weighted by Crippen LogP contribution is -2.51. The monoisotopic (exact) mass is 244 g/mol. The molecule has 4 nitrogen and oxygen atoms in total. The molecule has 1 unspecified atom stereocenters. The molecule has 1 aliphatic rings. The van der Waals surface area contributed by atoms with E-state index >= 15 is 0 Å². The van der Waals surface area contributed by atoms with Crippen LogP contribution in [0.2, 0.25) is 0 Å². The van der Waals surface area contributed by atoms with Crippen molar-refractivity contribution >= 4 is 30.8 Å². The summed E-state index contributed by atoms with van der Waals surface area (Å²) in [5.74, 6) is -0.206. The van der Waals surface area contributed by atoms with E-state index in [1.807, 2.05) is 14.1 Å². The van der Waals surface area contributed by atoms with Crippen molar-refractivity contribution in [2.24, 2.45) is 0 Å². The van der Waals surface area contributed by atoms with Crippen LogP contribution < -0.4 is 0 Å². The summed E-state index contributed by atoms with van der Waals surface area (Å²) in [7, 11) is 4.00. The van der Waals surface area contributed by atoms with Gasteiger partial charge in [0.1, 0.15) is 0 Å². The van der Waals surface area contributed by atoms with Crippen LogP contribution in [0.15, 0.2) is 0 Å². The maximum absolute atomic E-state index is 10.7. The van der Waals surface area contributed by atoms with Gasteiger partial charge in [0.05, 0.1) is 0 Å². The molecule has 1 aliphatic heterocycles. The van der Waals surface area contributed by atoms with Gasteiger partial charge in [0, 0.05) is 26.6 Å². The van der Waals surface area contributed by atoms with Crippen molar-refractivity contribution in [3.63, 3.8) is 0 Å². The standard InChI is InChI=1S/C8H16N2O2.2ClH/c1-7(11)12-8-6-9(2)4-5-10(8)3;;/h8H,4-6H2,1-3H3;2*1H. The van der Waals surface area contributed by atoms with E-state index in [4.69, 9.17) is 4.74 Å². The van der Waals surface area contributed by atoms with Crippen molar-refractivity contribution in [3.8, 4) is 0 Å². The molecule has 14 heavy (non-hydrogen) atoms. The topological polar surface area (TPSA) is 32.8 Å². The first kappa shape index (κ1) is 16.4. The van der Waals surface area contributed by atoms with E-state index in [0.717, 1.165) is 19.6 Å². The predicted molar refractivity (Wildman–Crippen MR) is 60.2 cm³/mol. The number of hydrogen-bond donors (Lipinski definition) is 0. The van der Waals surface area contributed by atoms with Gasteiger partial charge in [-0.3, -0.25) is 9.69 Å². The van der Waals surface area contributed by atoms with Crippen LogP contribution in [-0.2, 0) is 9.53 Å². The second-order valence-electron chi connectivity index (χ2n) is 3.31. The molecule has 1 heterocycles. The van der Waals surface area contributed by atoms with Gasteiger partial charge in [-0.15, -0.1) is 24.8 Å². The van der Waals surface area contributed by atoms with Gasteiger partial charge >= 0.3 is 5.97 Å². The van der Waals surface area contributed by atoms with Crippen LogP contribution >= 0.6 is 24.8 Å². The van der Waals surface area contributed by atoms with Crippen LogP contribution in [0.1, 0.15) is 6.92 Å². The largest absolute Gasteiger partial charge is 0.445 e. The Labute approximate surface area is 97.4 Å². The van der Waals surface area contributed by atoms with Crippen LogP contribution in [0.5, 0.6) is 0 Å². The van der Waals surface area contributed by atoms with Crippen molar-refractivity contribution in [2.75, 3.05) is 33.7 Å². The first-order chi connectivity index (χ1) is 5.59. The Balaban J connectivity index is 0. The van der Waals surface area contributed by atoms with Gasteiger partial charge in [-0.05, 0) is 14.1 Å². The third-order valence-electron chi connectivity index (χ3n) is 2.10. The Morgan fingerprint density at radius 2 is 1.86 bits per heavy atom. The average Bonchev–Trinajstić information content (AvgIpc) is 1.96. The van der Waals surface area contributed by atoms with E-state index in [0.29, 0.717) is 0 Å². The summed E-state index contributed by atoms with van der Waals surface area (Å²) in [4.78, 5) is 14.9. The van der Waals surface area contributed by atoms with Crippen LogP contribution in [0.25, 0.3) is 0 Å². The van der Waals surface area contributed by atoms with E-state index in [9.17, 15) is 4.79 Å². The molecule has 0 N–H and O–H groups in total. The summed E-state index contributed by atoms with van der Waals surface area (Å²) in [6.07, 6.45) is -0.0683. The average molecular weight is 245 g/mol. The van der Waals surface area contributed by atoms with Crippen molar-refractivity contribution in [1.29, 1.82) is 0 Å². The molecule has 0 amide bonds. The van der Waals surface area contributed by atoms with Gasteiger partial charge < -0.3 is 9.64 Å². The number of nitrogens with zero attached hydrogens (tertiary/aromatic N) is 2. The maximum atomic E-state index is 10.7. The fourth-order valence-electron chi connectivity index (χ4n) is 1.29. The van der Waals surface area contributed by atoms with Crippen molar-refractivity contribution in [1.82, 2.24) is 9.80 Å². The highest BCUT2D eigenvalue weighted by Crippen LogP contribution is 2.06. The zero-order valence-corrected chi connectivity index (χ0v) is 10.4.